The molecule has 1 heterocycles. The fourth-order valence-electron chi connectivity index (χ4n) is 3.75. The van der Waals surface area contributed by atoms with Gasteiger partial charge in [-0.3, -0.25) is 9.69 Å². The largest absolute Gasteiger partial charge is 0.460 e. The van der Waals surface area contributed by atoms with Crippen LogP contribution in [0.5, 0.6) is 0 Å². The number of nitrogens with zero attached hydrogens (tertiary/aromatic N) is 1. The lowest BCUT2D eigenvalue weighted by molar-refractivity contribution is -0.164. The molecule has 162 valence electrons. The van der Waals surface area contributed by atoms with E-state index in [2.05, 4.69) is 37.5 Å². The molecule has 0 amide bonds. The highest BCUT2D eigenvalue weighted by Crippen LogP contribution is 2.34. The van der Waals surface area contributed by atoms with Crippen LogP contribution < -0.4 is 0 Å². The van der Waals surface area contributed by atoms with Crippen molar-refractivity contribution in [3.63, 3.8) is 0 Å². The summed E-state index contributed by atoms with van der Waals surface area (Å²) in [6.45, 7) is 18.3. The third kappa shape index (κ3) is 6.95. The van der Waals surface area contributed by atoms with E-state index in [0.717, 1.165) is 0 Å². The molecule has 0 aliphatic carbocycles. The minimum atomic E-state index is -0.731. The van der Waals surface area contributed by atoms with Gasteiger partial charge < -0.3 is 14.2 Å². The molecular formula is C24H37NO4. The second-order valence-corrected chi connectivity index (χ2v) is 9.41. The molecule has 1 aromatic rings. The lowest BCUT2D eigenvalue weighted by atomic mass is 9.98. The van der Waals surface area contributed by atoms with Crippen LogP contribution in [0.3, 0.4) is 0 Å². The number of esters is 1. The maximum atomic E-state index is 12.8. The van der Waals surface area contributed by atoms with Gasteiger partial charge in [-0.05, 0) is 54.0 Å². The van der Waals surface area contributed by atoms with Crippen molar-refractivity contribution >= 4 is 5.97 Å². The van der Waals surface area contributed by atoms with Crippen LogP contribution in [0.2, 0.25) is 0 Å². The summed E-state index contributed by atoms with van der Waals surface area (Å²) in [5.41, 5.74) is 0.650. The van der Waals surface area contributed by atoms with Crippen LogP contribution in [-0.2, 0) is 25.5 Å². The van der Waals surface area contributed by atoms with Gasteiger partial charge in [-0.1, -0.05) is 36.4 Å². The van der Waals surface area contributed by atoms with Crippen molar-refractivity contribution < 1.29 is 19.0 Å². The highest BCUT2D eigenvalue weighted by atomic mass is 16.8. The van der Waals surface area contributed by atoms with Gasteiger partial charge in [0.1, 0.15) is 17.8 Å². The summed E-state index contributed by atoms with van der Waals surface area (Å²) in [6.07, 6.45) is 1.37. The van der Waals surface area contributed by atoms with Crippen LogP contribution in [0.25, 0.3) is 0 Å². The number of benzene rings is 1. The predicted molar refractivity (Wildman–Crippen MR) is 115 cm³/mol. The zero-order valence-corrected chi connectivity index (χ0v) is 19.0. The minimum Gasteiger partial charge on any atom is -0.460 e. The highest BCUT2D eigenvalue weighted by molar-refractivity contribution is 5.70. The topological polar surface area (TPSA) is 48.0 Å². The Balaban J connectivity index is 2.35. The molecule has 0 unspecified atom stereocenters. The Hall–Kier alpha value is -1.69. The standard InChI is InChI=1S/C24H37NO4/c1-9-20-22(29-24(7,8)27-20)19(15-21(26)28-23(4,5)6)25(17(2)3)16-18-13-11-10-12-14-18/h9-14,17,19-20,22H,1,15-16H2,2-8H3/t19-,20-,22-/m1/s1. The smallest absolute Gasteiger partial charge is 0.308 e. The minimum absolute atomic E-state index is 0.195. The van der Waals surface area contributed by atoms with Crippen LogP contribution >= 0.6 is 0 Å². The van der Waals surface area contributed by atoms with Crippen molar-refractivity contribution in [2.45, 2.75) is 97.1 Å². The molecule has 5 heteroatoms. The number of carbonyl (C=O) groups excluding carboxylic acids is 1. The molecule has 3 atom stereocenters. The fourth-order valence-corrected chi connectivity index (χ4v) is 3.75. The van der Waals surface area contributed by atoms with Gasteiger partial charge in [0.25, 0.3) is 0 Å². The maximum absolute atomic E-state index is 12.8. The molecule has 0 bridgehead atoms. The van der Waals surface area contributed by atoms with Crippen LogP contribution in [0.4, 0.5) is 0 Å². The molecule has 2 rings (SSSR count). The van der Waals surface area contributed by atoms with E-state index in [9.17, 15) is 4.79 Å². The Morgan fingerprint density at radius 1 is 1.24 bits per heavy atom. The normalized spacial score (nSPS) is 22.7. The second kappa shape index (κ2) is 9.41. The van der Waals surface area contributed by atoms with Crippen molar-refractivity contribution in [1.82, 2.24) is 4.90 Å². The molecule has 29 heavy (non-hydrogen) atoms. The summed E-state index contributed by atoms with van der Waals surface area (Å²) in [6, 6.07) is 10.2. The number of rotatable bonds is 8. The quantitative estimate of drug-likeness (QED) is 0.465. The molecule has 0 N–H and O–H groups in total. The Kier molecular flexibility index (Phi) is 7.66. The zero-order valence-electron chi connectivity index (χ0n) is 19.0. The van der Waals surface area contributed by atoms with Crippen molar-refractivity contribution in [1.29, 1.82) is 0 Å². The molecule has 5 nitrogen and oxygen atoms in total. The molecule has 1 aromatic carbocycles. The Bertz CT molecular complexity index is 678. The molecule has 0 radical (unpaired) electrons. The molecule has 1 aliphatic rings. The molecule has 0 saturated carbocycles. The number of ether oxygens (including phenoxy) is 3. The Morgan fingerprint density at radius 3 is 2.38 bits per heavy atom. The fraction of sp³-hybridized carbons (Fsp3) is 0.625. The first kappa shape index (κ1) is 23.6. The van der Waals surface area contributed by atoms with Gasteiger partial charge in [-0.2, -0.15) is 0 Å². The van der Waals surface area contributed by atoms with Gasteiger partial charge in [0.2, 0.25) is 0 Å². The lowest BCUT2D eigenvalue weighted by Crippen LogP contribution is -2.51. The van der Waals surface area contributed by atoms with Crippen LogP contribution in [-0.4, -0.2) is 46.5 Å². The predicted octanol–water partition coefficient (Wildman–Crippen LogP) is 4.70. The maximum Gasteiger partial charge on any atom is 0.308 e. The van der Waals surface area contributed by atoms with Crippen molar-refractivity contribution in [3.8, 4) is 0 Å². The first-order valence-corrected chi connectivity index (χ1v) is 10.4. The van der Waals surface area contributed by atoms with E-state index in [1.807, 2.05) is 52.8 Å². The Labute approximate surface area is 176 Å². The van der Waals surface area contributed by atoms with E-state index in [1.54, 1.807) is 6.08 Å². The van der Waals surface area contributed by atoms with Crippen molar-refractivity contribution in [3.05, 3.63) is 48.6 Å². The third-order valence-electron chi connectivity index (χ3n) is 4.87. The molecule has 1 fully saturated rings. The average Bonchev–Trinajstić information content (AvgIpc) is 2.91. The van der Waals surface area contributed by atoms with Crippen molar-refractivity contribution in [2.75, 3.05) is 0 Å². The summed E-state index contributed by atoms with van der Waals surface area (Å²) in [5, 5.41) is 0. The van der Waals surface area contributed by atoms with Gasteiger partial charge in [-0.15, -0.1) is 6.58 Å². The van der Waals surface area contributed by atoms with Crippen LogP contribution in [0, 0.1) is 0 Å². The van der Waals surface area contributed by atoms with E-state index in [0.29, 0.717) is 6.54 Å². The number of hydrogen-bond donors (Lipinski definition) is 0. The second-order valence-electron chi connectivity index (χ2n) is 9.41. The summed E-state index contributed by atoms with van der Waals surface area (Å²) < 4.78 is 17.9. The van der Waals surface area contributed by atoms with Gasteiger partial charge >= 0.3 is 5.97 Å². The number of carbonyl (C=O) groups is 1. The monoisotopic (exact) mass is 403 g/mol. The summed E-state index contributed by atoms with van der Waals surface area (Å²) in [7, 11) is 0. The van der Waals surface area contributed by atoms with Gasteiger partial charge in [-0.25, -0.2) is 0 Å². The van der Waals surface area contributed by atoms with E-state index >= 15 is 0 Å². The molecule has 1 aliphatic heterocycles. The van der Waals surface area contributed by atoms with E-state index in [4.69, 9.17) is 14.2 Å². The van der Waals surface area contributed by atoms with Crippen LogP contribution in [0.1, 0.15) is 60.5 Å². The summed E-state index contributed by atoms with van der Waals surface area (Å²) in [5.74, 6) is -0.970. The molecular weight excluding hydrogens is 366 g/mol. The first-order chi connectivity index (χ1) is 13.4. The summed E-state index contributed by atoms with van der Waals surface area (Å²) >= 11 is 0. The lowest BCUT2D eigenvalue weighted by Gasteiger charge is -2.39. The highest BCUT2D eigenvalue weighted by Gasteiger charge is 2.46. The third-order valence-corrected chi connectivity index (χ3v) is 4.87. The van der Waals surface area contributed by atoms with E-state index < -0.39 is 11.4 Å². The number of hydrogen-bond acceptors (Lipinski definition) is 5. The van der Waals surface area contributed by atoms with E-state index in [-0.39, 0.29) is 36.7 Å². The van der Waals surface area contributed by atoms with Crippen LogP contribution in [0.15, 0.2) is 43.0 Å². The Morgan fingerprint density at radius 2 is 1.86 bits per heavy atom. The summed E-state index contributed by atoms with van der Waals surface area (Å²) in [4.78, 5) is 15.1. The molecule has 0 spiro atoms. The van der Waals surface area contributed by atoms with Gasteiger partial charge in [0, 0.05) is 18.6 Å². The SMILES string of the molecule is C=C[C@H]1OC(C)(C)O[C@@H]1[C@@H](CC(=O)OC(C)(C)C)N(Cc1ccccc1)C(C)C. The first-order valence-electron chi connectivity index (χ1n) is 10.4. The average molecular weight is 404 g/mol. The molecule has 1 saturated heterocycles. The molecule has 0 aromatic heterocycles. The zero-order chi connectivity index (χ0) is 21.8. The van der Waals surface area contributed by atoms with Gasteiger partial charge in [0.15, 0.2) is 5.79 Å². The van der Waals surface area contributed by atoms with E-state index in [1.165, 1.54) is 5.56 Å². The van der Waals surface area contributed by atoms with Gasteiger partial charge in [0.05, 0.1) is 6.42 Å². The van der Waals surface area contributed by atoms with Crippen molar-refractivity contribution in [2.24, 2.45) is 0 Å².